The molecule has 164 valence electrons. The Labute approximate surface area is 184 Å². The number of esters is 1. The second kappa shape index (κ2) is 13.5. The van der Waals surface area contributed by atoms with E-state index < -0.39 is 5.97 Å². The zero-order valence-electron chi connectivity index (χ0n) is 18.4. The van der Waals surface area contributed by atoms with Crippen LogP contribution >= 0.6 is 23.6 Å². The maximum atomic E-state index is 12.8. The number of hydrogen-bond acceptors (Lipinski definition) is 5. The fourth-order valence-electron chi connectivity index (χ4n) is 3.06. The first-order valence-corrected chi connectivity index (χ1v) is 11.7. The summed E-state index contributed by atoms with van der Waals surface area (Å²) in [6.45, 7) is 9.86. The number of unbranched alkanes of at least 4 members (excludes halogenated alkanes) is 5. The lowest BCUT2D eigenvalue weighted by Gasteiger charge is -2.17. The molecule has 1 aromatic heterocycles. The fraction of sp³-hybridized carbons (Fsp3) is 0.667. The summed E-state index contributed by atoms with van der Waals surface area (Å²) in [5, 5.41) is 7.28. The molecule has 29 heavy (non-hydrogen) atoms. The number of amides is 1. The number of nitrogens with zero attached hydrogens (tertiary/aromatic N) is 1. The van der Waals surface area contributed by atoms with Gasteiger partial charge in [0.15, 0.2) is 5.11 Å². The van der Waals surface area contributed by atoms with Gasteiger partial charge in [0.2, 0.25) is 0 Å². The van der Waals surface area contributed by atoms with Crippen LogP contribution in [-0.4, -0.2) is 48.6 Å². The van der Waals surface area contributed by atoms with Crippen molar-refractivity contribution in [3.8, 4) is 0 Å². The molecule has 0 aromatic carbocycles. The molecule has 1 heterocycles. The van der Waals surface area contributed by atoms with E-state index in [0.717, 1.165) is 13.0 Å². The van der Waals surface area contributed by atoms with Gasteiger partial charge in [-0.15, -0.1) is 11.3 Å². The van der Waals surface area contributed by atoms with Gasteiger partial charge >= 0.3 is 5.97 Å². The third kappa shape index (κ3) is 7.59. The maximum absolute atomic E-state index is 12.8. The molecule has 6 nitrogen and oxygen atoms in total. The summed E-state index contributed by atoms with van der Waals surface area (Å²) >= 11 is 6.64. The summed E-state index contributed by atoms with van der Waals surface area (Å²) in [6, 6.07) is 0. The summed E-state index contributed by atoms with van der Waals surface area (Å²) in [5.74, 6) is -0.555. The monoisotopic (exact) mass is 441 g/mol. The average Bonchev–Trinajstić information content (AvgIpc) is 3.03. The quantitative estimate of drug-likeness (QED) is 0.271. The zero-order valence-corrected chi connectivity index (χ0v) is 20.0. The Balaban J connectivity index is 2.81. The predicted octanol–water partition coefficient (Wildman–Crippen LogP) is 4.97. The van der Waals surface area contributed by atoms with Crippen LogP contribution in [0.1, 0.15) is 84.9 Å². The van der Waals surface area contributed by atoms with Gasteiger partial charge in [-0.3, -0.25) is 4.79 Å². The molecule has 1 amide bonds. The van der Waals surface area contributed by atoms with Crippen LogP contribution in [0, 0.1) is 6.92 Å². The van der Waals surface area contributed by atoms with Gasteiger partial charge < -0.3 is 20.3 Å². The van der Waals surface area contributed by atoms with Crippen LogP contribution < -0.4 is 10.6 Å². The molecular formula is C21H35N3O3S2. The van der Waals surface area contributed by atoms with Crippen LogP contribution in [0.4, 0.5) is 5.00 Å². The number of rotatable bonds is 12. The van der Waals surface area contributed by atoms with Gasteiger partial charge in [-0.05, 0) is 45.0 Å². The van der Waals surface area contributed by atoms with Gasteiger partial charge in [-0.25, -0.2) is 4.79 Å². The molecule has 1 aromatic rings. The number of hydrogen-bond donors (Lipinski definition) is 2. The van der Waals surface area contributed by atoms with E-state index in [2.05, 4.69) is 17.6 Å². The Kier molecular flexibility index (Phi) is 11.8. The number of methoxy groups -OCH3 is 1. The maximum Gasteiger partial charge on any atom is 0.341 e. The summed E-state index contributed by atoms with van der Waals surface area (Å²) in [5.41, 5.74) is 0.997. The van der Waals surface area contributed by atoms with Gasteiger partial charge in [0.1, 0.15) is 5.00 Å². The first-order valence-electron chi connectivity index (χ1n) is 10.5. The molecule has 0 saturated carbocycles. The Bertz CT molecular complexity index is 685. The molecule has 0 aliphatic carbocycles. The van der Waals surface area contributed by atoms with Crippen LogP contribution in [-0.2, 0) is 4.74 Å². The smallest absolute Gasteiger partial charge is 0.341 e. The molecule has 0 radical (unpaired) electrons. The van der Waals surface area contributed by atoms with E-state index in [0.29, 0.717) is 39.2 Å². The van der Waals surface area contributed by atoms with E-state index in [1.807, 2.05) is 13.8 Å². The highest BCUT2D eigenvalue weighted by atomic mass is 32.1. The minimum atomic E-state index is -0.474. The topological polar surface area (TPSA) is 70.7 Å². The molecule has 0 bridgehead atoms. The van der Waals surface area contributed by atoms with E-state index in [-0.39, 0.29) is 5.91 Å². The third-order valence-corrected chi connectivity index (χ3v) is 6.27. The van der Waals surface area contributed by atoms with E-state index in [1.165, 1.54) is 50.6 Å². The van der Waals surface area contributed by atoms with Crippen molar-refractivity contribution in [2.75, 3.05) is 32.1 Å². The number of thiophene rings is 1. The fourth-order valence-corrected chi connectivity index (χ4v) is 4.50. The molecule has 0 fully saturated rings. The van der Waals surface area contributed by atoms with Gasteiger partial charge in [0.05, 0.1) is 17.6 Å². The molecule has 0 atom stereocenters. The van der Waals surface area contributed by atoms with E-state index in [4.69, 9.17) is 17.0 Å². The summed E-state index contributed by atoms with van der Waals surface area (Å²) in [6.07, 6.45) is 7.26. The summed E-state index contributed by atoms with van der Waals surface area (Å²) in [7, 11) is 1.34. The van der Waals surface area contributed by atoms with Crippen molar-refractivity contribution in [2.45, 2.75) is 66.2 Å². The summed E-state index contributed by atoms with van der Waals surface area (Å²) < 4.78 is 4.93. The highest BCUT2D eigenvalue weighted by Crippen LogP contribution is 2.34. The van der Waals surface area contributed by atoms with Crippen LogP contribution in [0.25, 0.3) is 0 Å². The van der Waals surface area contributed by atoms with Crippen molar-refractivity contribution in [1.29, 1.82) is 0 Å². The molecule has 0 aliphatic heterocycles. The van der Waals surface area contributed by atoms with Crippen LogP contribution in [0.15, 0.2) is 0 Å². The molecule has 0 unspecified atom stereocenters. The largest absolute Gasteiger partial charge is 0.465 e. The van der Waals surface area contributed by atoms with Crippen LogP contribution in [0.3, 0.4) is 0 Å². The number of carbonyl (C=O) groups excluding carboxylic acids is 2. The van der Waals surface area contributed by atoms with Crippen molar-refractivity contribution in [2.24, 2.45) is 0 Å². The third-order valence-electron chi connectivity index (χ3n) is 4.82. The van der Waals surface area contributed by atoms with Gasteiger partial charge in [-0.1, -0.05) is 39.0 Å². The first kappa shape index (κ1) is 25.4. The first-order chi connectivity index (χ1) is 13.9. The normalized spacial score (nSPS) is 10.5. The lowest BCUT2D eigenvalue weighted by Crippen LogP contribution is -2.30. The van der Waals surface area contributed by atoms with E-state index in [9.17, 15) is 9.59 Å². The second-order valence-electron chi connectivity index (χ2n) is 6.88. The summed E-state index contributed by atoms with van der Waals surface area (Å²) in [4.78, 5) is 27.4. The highest BCUT2D eigenvalue weighted by molar-refractivity contribution is 7.80. The van der Waals surface area contributed by atoms with Gasteiger partial charge in [-0.2, -0.15) is 0 Å². The van der Waals surface area contributed by atoms with Gasteiger partial charge in [0.25, 0.3) is 5.91 Å². The lowest BCUT2D eigenvalue weighted by molar-refractivity contribution is 0.0601. The van der Waals surface area contributed by atoms with Crippen molar-refractivity contribution in [3.05, 3.63) is 16.0 Å². The SMILES string of the molecule is CCCCCCCCNC(=S)Nc1sc(C(=O)N(CC)CC)c(C)c1C(=O)OC. The van der Waals surface area contributed by atoms with Crippen molar-refractivity contribution in [3.63, 3.8) is 0 Å². The average molecular weight is 442 g/mol. The number of thiocarbonyl (C=S) groups is 1. The Morgan fingerprint density at radius 3 is 2.28 bits per heavy atom. The minimum absolute atomic E-state index is 0.0818. The molecule has 0 saturated heterocycles. The van der Waals surface area contributed by atoms with E-state index in [1.54, 1.807) is 11.8 Å². The second-order valence-corrected chi connectivity index (χ2v) is 8.31. The Morgan fingerprint density at radius 2 is 1.69 bits per heavy atom. The van der Waals surface area contributed by atoms with Crippen LogP contribution in [0.5, 0.6) is 0 Å². The number of ether oxygens (including phenoxy) is 1. The number of anilines is 1. The number of carbonyl (C=O) groups is 2. The molecule has 1 rings (SSSR count). The molecule has 2 N–H and O–H groups in total. The molecule has 0 spiro atoms. The Hall–Kier alpha value is -1.67. The Morgan fingerprint density at radius 1 is 1.07 bits per heavy atom. The number of nitrogens with one attached hydrogen (secondary N) is 2. The van der Waals surface area contributed by atoms with Crippen LogP contribution in [0.2, 0.25) is 0 Å². The minimum Gasteiger partial charge on any atom is -0.465 e. The molecular weight excluding hydrogens is 406 g/mol. The predicted molar refractivity (Wildman–Crippen MR) is 125 cm³/mol. The van der Waals surface area contributed by atoms with Crippen molar-refractivity contribution < 1.29 is 14.3 Å². The standard InChI is InChI=1S/C21H35N3O3S2/c1-6-9-10-11-12-13-14-22-21(28)23-18-16(20(26)27-5)15(4)17(29-18)19(25)24(7-2)8-3/h6-14H2,1-5H3,(H2,22,23,28). The zero-order chi connectivity index (χ0) is 21.8. The van der Waals surface area contributed by atoms with Crippen molar-refractivity contribution >= 4 is 45.5 Å². The highest BCUT2D eigenvalue weighted by Gasteiger charge is 2.27. The van der Waals surface area contributed by atoms with Crippen molar-refractivity contribution in [1.82, 2.24) is 10.2 Å². The molecule has 0 aliphatic rings. The van der Waals surface area contributed by atoms with E-state index >= 15 is 0 Å². The molecule has 8 heteroatoms. The van der Waals surface area contributed by atoms with Gasteiger partial charge in [0, 0.05) is 19.6 Å². The lowest BCUT2D eigenvalue weighted by atomic mass is 10.1.